The van der Waals surface area contributed by atoms with Crippen LogP contribution in [-0.4, -0.2) is 67.4 Å². The maximum Gasteiger partial charge on any atom is 0.238 e. The van der Waals surface area contributed by atoms with Crippen LogP contribution >= 0.6 is 0 Å². The highest BCUT2D eigenvalue weighted by atomic mass is 16.2. The van der Waals surface area contributed by atoms with Crippen LogP contribution in [0.15, 0.2) is 24.3 Å². The van der Waals surface area contributed by atoms with E-state index >= 15 is 0 Å². The molecule has 2 aliphatic rings. The van der Waals surface area contributed by atoms with E-state index in [1.54, 1.807) is 0 Å². The van der Waals surface area contributed by atoms with Crippen LogP contribution in [0.5, 0.6) is 0 Å². The van der Waals surface area contributed by atoms with Crippen LogP contribution in [0.2, 0.25) is 0 Å². The second-order valence-corrected chi connectivity index (χ2v) is 7.61. The quantitative estimate of drug-likeness (QED) is 0.765. The fourth-order valence-corrected chi connectivity index (χ4v) is 3.95. The van der Waals surface area contributed by atoms with Gasteiger partial charge >= 0.3 is 0 Å². The molecular weight excluding hydrogens is 340 g/mol. The Hall–Kier alpha value is -1.92. The van der Waals surface area contributed by atoms with Crippen molar-refractivity contribution in [2.24, 2.45) is 5.92 Å². The van der Waals surface area contributed by atoms with Crippen molar-refractivity contribution in [1.82, 2.24) is 15.1 Å². The predicted molar refractivity (Wildman–Crippen MR) is 108 cm³/mol. The van der Waals surface area contributed by atoms with Crippen molar-refractivity contribution in [2.75, 3.05) is 51.1 Å². The predicted octanol–water partition coefficient (Wildman–Crippen LogP) is 1.72. The minimum atomic E-state index is 0.0180. The van der Waals surface area contributed by atoms with Gasteiger partial charge in [0.05, 0.1) is 6.54 Å². The highest BCUT2D eigenvalue weighted by Crippen LogP contribution is 2.17. The number of piperazine rings is 1. The second kappa shape index (κ2) is 9.85. The first-order valence-electron chi connectivity index (χ1n) is 10.2. The molecule has 1 aromatic carbocycles. The van der Waals surface area contributed by atoms with Gasteiger partial charge < -0.3 is 15.5 Å². The van der Waals surface area contributed by atoms with Gasteiger partial charge in [-0.25, -0.2) is 0 Å². The average molecular weight is 373 g/mol. The van der Waals surface area contributed by atoms with Gasteiger partial charge in [-0.3, -0.25) is 14.5 Å². The normalized spacial score (nSPS) is 20.6. The molecular formula is C21H32N4O2. The van der Waals surface area contributed by atoms with Crippen molar-refractivity contribution in [3.05, 3.63) is 29.8 Å². The molecule has 1 unspecified atom stereocenters. The number of nitrogens with one attached hydrogen (secondary N) is 2. The Morgan fingerprint density at radius 3 is 2.67 bits per heavy atom. The lowest BCUT2D eigenvalue weighted by Crippen LogP contribution is -2.50. The fourth-order valence-electron chi connectivity index (χ4n) is 3.95. The Kier molecular flexibility index (Phi) is 7.24. The number of hydrogen-bond donors (Lipinski definition) is 2. The van der Waals surface area contributed by atoms with Crippen molar-refractivity contribution in [1.29, 1.82) is 0 Å². The van der Waals surface area contributed by atoms with Crippen molar-refractivity contribution < 1.29 is 9.59 Å². The molecule has 0 bridgehead atoms. The molecule has 1 atom stereocenters. The molecule has 0 spiro atoms. The summed E-state index contributed by atoms with van der Waals surface area (Å²) in [5.74, 6) is 0.942. The number of rotatable bonds is 7. The van der Waals surface area contributed by atoms with Gasteiger partial charge in [0.2, 0.25) is 11.8 Å². The monoisotopic (exact) mass is 372 g/mol. The molecule has 0 radical (unpaired) electrons. The Morgan fingerprint density at radius 1 is 1.19 bits per heavy atom. The molecule has 6 heteroatoms. The Labute approximate surface area is 162 Å². The van der Waals surface area contributed by atoms with Gasteiger partial charge in [-0.2, -0.15) is 0 Å². The van der Waals surface area contributed by atoms with Crippen LogP contribution in [0.1, 0.15) is 31.7 Å². The standard InChI is InChI=1S/C21H32N4O2/c1-2-18-5-3-4-6-19(18)23-20(26)16-24-11-13-25(14-12-24)21(27)8-7-17-9-10-22-15-17/h3-6,17,22H,2,7-16H2,1H3,(H,23,26). The molecule has 2 amide bonds. The summed E-state index contributed by atoms with van der Waals surface area (Å²) in [6, 6.07) is 7.93. The second-order valence-electron chi connectivity index (χ2n) is 7.61. The first-order valence-corrected chi connectivity index (χ1v) is 10.2. The van der Waals surface area contributed by atoms with Crippen LogP contribution < -0.4 is 10.6 Å². The molecule has 3 rings (SSSR count). The number of carbonyl (C=O) groups is 2. The number of anilines is 1. The van der Waals surface area contributed by atoms with Gasteiger partial charge in [0, 0.05) is 38.3 Å². The molecule has 27 heavy (non-hydrogen) atoms. The van der Waals surface area contributed by atoms with Gasteiger partial charge in [-0.15, -0.1) is 0 Å². The third kappa shape index (κ3) is 5.78. The lowest BCUT2D eigenvalue weighted by Gasteiger charge is -2.34. The van der Waals surface area contributed by atoms with Gasteiger partial charge in [0.1, 0.15) is 0 Å². The molecule has 148 valence electrons. The summed E-state index contributed by atoms with van der Waals surface area (Å²) in [7, 11) is 0. The van der Waals surface area contributed by atoms with Gasteiger partial charge in [-0.05, 0) is 49.9 Å². The molecule has 2 saturated heterocycles. The zero-order valence-electron chi connectivity index (χ0n) is 16.4. The van der Waals surface area contributed by atoms with E-state index in [0.717, 1.165) is 63.4 Å². The molecule has 2 fully saturated rings. The number of amides is 2. The highest BCUT2D eigenvalue weighted by Gasteiger charge is 2.23. The molecule has 0 aromatic heterocycles. The third-order valence-corrected chi connectivity index (χ3v) is 5.69. The maximum atomic E-state index is 12.4. The van der Waals surface area contributed by atoms with Crippen LogP contribution in [0.3, 0.4) is 0 Å². The van der Waals surface area contributed by atoms with E-state index in [2.05, 4.69) is 22.5 Å². The first kappa shape index (κ1) is 19.8. The van der Waals surface area contributed by atoms with E-state index in [1.165, 1.54) is 6.42 Å². The van der Waals surface area contributed by atoms with Crippen molar-refractivity contribution >= 4 is 17.5 Å². The van der Waals surface area contributed by atoms with Crippen LogP contribution in [0, 0.1) is 5.92 Å². The van der Waals surface area contributed by atoms with Gasteiger partial charge in [0.25, 0.3) is 0 Å². The van der Waals surface area contributed by atoms with Crippen LogP contribution in [0.4, 0.5) is 5.69 Å². The molecule has 2 N–H and O–H groups in total. The number of aryl methyl sites for hydroxylation is 1. The summed E-state index contributed by atoms with van der Waals surface area (Å²) in [6.07, 6.45) is 3.73. The van der Waals surface area contributed by atoms with Crippen LogP contribution in [-0.2, 0) is 16.0 Å². The van der Waals surface area contributed by atoms with E-state index in [0.29, 0.717) is 18.9 Å². The van der Waals surface area contributed by atoms with E-state index in [-0.39, 0.29) is 11.8 Å². The zero-order valence-corrected chi connectivity index (χ0v) is 16.4. The molecule has 0 aliphatic carbocycles. The van der Waals surface area contributed by atoms with E-state index < -0.39 is 0 Å². The number of nitrogens with zero attached hydrogens (tertiary/aromatic N) is 2. The largest absolute Gasteiger partial charge is 0.340 e. The third-order valence-electron chi connectivity index (χ3n) is 5.69. The summed E-state index contributed by atoms with van der Waals surface area (Å²) >= 11 is 0. The van der Waals surface area contributed by atoms with Crippen molar-refractivity contribution in [3.63, 3.8) is 0 Å². The van der Waals surface area contributed by atoms with Crippen molar-refractivity contribution in [3.8, 4) is 0 Å². The van der Waals surface area contributed by atoms with Gasteiger partial charge in [-0.1, -0.05) is 25.1 Å². The van der Waals surface area contributed by atoms with E-state index in [4.69, 9.17) is 0 Å². The Balaban J connectivity index is 1.38. The SMILES string of the molecule is CCc1ccccc1NC(=O)CN1CCN(C(=O)CCC2CCNC2)CC1. The van der Waals surface area contributed by atoms with Crippen LogP contribution in [0.25, 0.3) is 0 Å². The zero-order chi connectivity index (χ0) is 19.1. The molecule has 0 saturated carbocycles. The smallest absolute Gasteiger partial charge is 0.238 e. The fraction of sp³-hybridized carbons (Fsp3) is 0.619. The van der Waals surface area contributed by atoms with Crippen molar-refractivity contribution in [2.45, 2.75) is 32.6 Å². The minimum Gasteiger partial charge on any atom is -0.340 e. The molecule has 2 heterocycles. The molecule has 6 nitrogen and oxygen atoms in total. The summed E-state index contributed by atoms with van der Waals surface area (Å²) in [4.78, 5) is 28.9. The molecule has 1 aromatic rings. The highest BCUT2D eigenvalue weighted by molar-refractivity contribution is 5.93. The maximum absolute atomic E-state index is 12.4. The summed E-state index contributed by atoms with van der Waals surface area (Å²) in [6.45, 7) is 7.58. The summed E-state index contributed by atoms with van der Waals surface area (Å²) in [5.41, 5.74) is 2.05. The first-order chi connectivity index (χ1) is 13.2. The summed E-state index contributed by atoms with van der Waals surface area (Å²) in [5, 5.41) is 6.38. The van der Waals surface area contributed by atoms with E-state index in [9.17, 15) is 9.59 Å². The lowest BCUT2D eigenvalue weighted by molar-refractivity contribution is -0.133. The number of carbonyl (C=O) groups excluding carboxylic acids is 2. The van der Waals surface area contributed by atoms with Gasteiger partial charge in [0.15, 0.2) is 0 Å². The Morgan fingerprint density at radius 2 is 1.96 bits per heavy atom. The topological polar surface area (TPSA) is 64.7 Å². The number of hydrogen-bond acceptors (Lipinski definition) is 4. The lowest BCUT2D eigenvalue weighted by atomic mass is 10.0. The number of para-hydroxylation sites is 1. The Bertz CT molecular complexity index is 635. The number of benzene rings is 1. The van der Waals surface area contributed by atoms with E-state index in [1.807, 2.05) is 29.2 Å². The molecule has 2 aliphatic heterocycles. The minimum absolute atomic E-state index is 0.0180. The average Bonchev–Trinajstić information content (AvgIpc) is 3.20. The summed E-state index contributed by atoms with van der Waals surface area (Å²) < 4.78 is 0.